The van der Waals surface area contributed by atoms with Crippen molar-refractivity contribution in [2.45, 2.75) is 6.92 Å². The van der Waals surface area contributed by atoms with Crippen molar-refractivity contribution in [3.05, 3.63) is 47.4 Å². The van der Waals surface area contributed by atoms with E-state index in [0.717, 1.165) is 5.69 Å². The van der Waals surface area contributed by atoms with Crippen LogP contribution >= 0.6 is 11.6 Å². The molecule has 0 N–H and O–H groups in total. The monoisotopic (exact) mass is 233 g/mol. The zero-order valence-corrected chi connectivity index (χ0v) is 9.94. The number of aryl methyl sites for hydroxylation is 1. The molecule has 0 radical (unpaired) electrons. The van der Waals surface area contributed by atoms with E-state index in [2.05, 4.69) is 29.0 Å². The van der Waals surface area contributed by atoms with Gasteiger partial charge in [-0.2, -0.15) is 0 Å². The summed E-state index contributed by atoms with van der Waals surface area (Å²) in [6, 6.07) is 8.14. The Bertz CT molecular complexity index is 499. The molecule has 0 aliphatic rings. The van der Waals surface area contributed by atoms with Crippen LogP contribution < -0.4 is 4.90 Å². The van der Waals surface area contributed by atoms with Crippen molar-refractivity contribution >= 4 is 23.1 Å². The SMILES string of the molecule is Cc1cccc(N(C)c2nccnc2Cl)c1. The van der Waals surface area contributed by atoms with E-state index in [1.165, 1.54) is 5.56 Å². The van der Waals surface area contributed by atoms with Gasteiger partial charge in [0.05, 0.1) is 0 Å². The summed E-state index contributed by atoms with van der Waals surface area (Å²) < 4.78 is 0. The van der Waals surface area contributed by atoms with Gasteiger partial charge in [0.25, 0.3) is 0 Å². The van der Waals surface area contributed by atoms with Crippen molar-refractivity contribution in [3.8, 4) is 0 Å². The molecule has 0 aliphatic carbocycles. The average Bonchev–Trinajstić information content (AvgIpc) is 2.29. The number of anilines is 2. The third kappa shape index (κ3) is 2.14. The summed E-state index contributed by atoms with van der Waals surface area (Å²) in [5, 5.41) is 0.409. The molecule has 2 aromatic rings. The van der Waals surface area contributed by atoms with E-state index in [1.807, 2.05) is 24.1 Å². The lowest BCUT2D eigenvalue weighted by Crippen LogP contribution is -2.12. The predicted octanol–water partition coefficient (Wildman–Crippen LogP) is 3.21. The van der Waals surface area contributed by atoms with Crippen LogP contribution in [0.25, 0.3) is 0 Å². The zero-order valence-electron chi connectivity index (χ0n) is 9.18. The second-order valence-electron chi connectivity index (χ2n) is 3.57. The molecule has 0 saturated carbocycles. The topological polar surface area (TPSA) is 29.0 Å². The smallest absolute Gasteiger partial charge is 0.172 e. The van der Waals surface area contributed by atoms with E-state index in [0.29, 0.717) is 11.0 Å². The van der Waals surface area contributed by atoms with Gasteiger partial charge in [0, 0.05) is 25.1 Å². The van der Waals surface area contributed by atoms with Crippen molar-refractivity contribution in [1.29, 1.82) is 0 Å². The molecule has 0 unspecified atom stereocenters. The van der Waals surface area contributed by atoms with Gasteiger partial charge in [-0.3, -0.25) is 0 Å². The second-order valence-corrected chi connectivity index (χ2v) is 3.93. The number of rotatable bonds is 2. The van der Waals surface area contributed by atoms with Gasteiger partial charge >= 0.3 is 0 Å². The highest BCUT2D eigenvalue weighted by Gasteiger charge is 2.09. The Morgan fingerprint density at radius 2 is 1.94 bits per heavy atom. The van der Waals surface area contributed by atoms with Gasteiger partial charge in [0.1, 0.15) is 0 Å². The van der Waals surface area contributed by atoms with Gasteiger partial charge in [0.2, 0.25) is 0 Å². The molecule has 1 aromatic carbocycles. The first-order valence-corrected chi connectivity index (χ1v) is 5.33. The Labute approximate surface area is 99.7 Å². The Balaban J connectivity index is 2.39. The molecular formula is C12H12ClN3. The van der Waals surface area contributed by atoms with Crippen LogP contribution in [0.5, 0.6) is 0 Å². The fourth-order valence-electron chi connectivity index (χ4n) is 1.50. The molecule has 0 saturated heterocycles. The first-order chi connectivity index (χ1) is 7.68. The number of halogens is 1. The van der Waals surface area contributed by atoms with E-state index in [1.54, 1.807) is 12.4 Å². The minimum absolute atomic E-state index is 0.409. The van der Waals surface area contributed by atoms with E-state index in [9.17, 15) is 0 Å². The summed E-state index contributed by atoms with van der Waals surface area (Å²) in [5.41, 5.74) is 2.24. The van der Waals surface area contributed by atoms with Crippen molar-refractivity contribution in [1.82, 2.24) is 9.97 Å². The molecule has 0 aliphatic heterocycles. The lowest BCUT2D eigenvalue weighted by atomic mass is 10.2. The van der Waals surface area contributed by atoms with Crippen molar-refractivity contribution in [2.75, 3.05) is 11.9 Å². The minimum atomic E-state index is 0.409. The van der Waals surface area contributed by atoms with Crippen LogP contribution in [0.3, 0.4) is 0 Å². The summed E-state index contributed by atoms with van der Waals surface area (Å²) in [6.45, 7) is 2.05. The highest BCUT2D eigenvalue weighted by molar-refractivity contribution is 6.31. The fourth-order valence-corrected chi connectivity index (χ4v) is 1.73. The standard InChI is InChI=1S/C12H12ClN3/c1-9-4-3-5-10(8-9)16(2)12-11(13)14-6-7-15-12/h3-8H,1-2H3. The van der Waals surface area contributed by atoms with E-state index in [-0.39, 0.29) is 0 Å². The Morgan fingerprint density at radius 1 is 1.19 bits per heavy atom. The summed E-state index contributed by atoms with van der Waals surface area (Å²) in [6.07, 6.45) is 3.21. The highest BCUT2D eigenvalue weighted by Crippen LogP contribution is 2.26. The van der Waals surface area contributed by atoms with Crippen molar-refractivity contribution in [2.24, 2.45) is 0 Å². The molecule has 1 aromatic heterocycles. The number of hydrogen-bond donors (Lipinski definition) is 0. The Kier molecular flexibility index (Phi) is 3.06. The maximum atomic E-state index is 5.99. The molecule has 0 bridgehead atoms. The van der Waals surface area contributed by atoms with Gasteiger partial charge in [-0.25, -0.2) is 9.97 Å². The molecule has 3 nitrogen and oxygen atoms in total. The molecule has 0 amide bonds. The summed E-state index contributed by atoms with van der Waals surface area (Å²) in [5.74, 6) is 0.662. The van der Waals surface area contributed by atoms with Crippen LogP contribution in [-0.2, 0) is 0 Å². The zero-order chi connectivity index (χ0) is 11.5. The van der Waals surface area contributed by atoms with Crippen LogP contribution in [0.2, 0.25) is 5.15 Å². The third-order valence-corrected chi connectivity index (χ3v) is 2.61. The Hall–Kier alpha value is -1.61. The van der Waals surface area contributed by atoms with E-state index >= 15 is 0 Å². The molecule has 0 atom stereocenters. The van der Waals surface area contributed by atoms with Crippen LogP contribution in [-0.4, -0.2) is 17.0 Å². The molecule has 4 heteroatoms. The number of benzene rings is 1. The number of nitrogens with zero attached hydrogens (tertiary/aromatic N) is 3. The van der Waals surface area contributed by atoms with E-state index in [4.69, 9.17) is 11.6 Å². The summed E-state index contributed by atoms with van der Waals surface area (Å²) >= 11 is 5.99. The van der Waals surface area contributed by atoms with Crippen LogP contribution in [0.4, 0.5) is 11.5 Å². The second kappa shape index (κ2) is 4.49. The van der Waals surface area contributed by atoms with Gasteiger partial charge < -0.3 is 4.90 Å². The van der Waals surface area contributed by atoms with Gasteiger partial charge in [-0.15, -0.1) is 0 Å². The van der Waals surface area contributed by atoms with Crippen LogP contribution in [0, 0.1) is 6.92 Å². The van der Waals surface area contributed by atoms with E-state index < -0.39 is 0 Å². The fraction of sp³-hybridized carbons (Fsp3) is 0.167. The first-order valence-electron chi connectivity index (χ1n) is 4.95. The van der Waals surface area contributed by atoms with Gasteiger partial charge in [-0.1, -0.05) is 23.7 Å². The molecule has 16 heavy (non-hydrogen) atoms. The van der Waals surface area contributed by atoms with Gasteiger partial charge in [-0.05, 0) is 24.6 Å². The highest BCUT2D eigenvalue weighted by atomic mass is 35.5. The Morgan fingerprint density at radius 3 is 2.62 bits per heavy atom. The van der Waals surface area contributed by atoms with Crippen molar-refractivity contribution < 1.29 is 0 Å². The summed E-state index contributed by atoms with van der Waals surface area (Å²) in [4.78, 5) is 10.1. The van der Waals surface area contributed by atoms with Crippen molar-refractivity contribution in [3.63, 3.8) is 0 Å². The molecule has 2 rings (SSSR count). The molecule has 0 fully saturated rings. The molecule has 0 spiro atoms. The molecule has 82 valence electrons. The van der Waals surface area contributed by atoms with Gasteiger partial charge in [0.15, 0.2) is 11.0 Å². The normalized spacial score (nSPS) is 10.2. The number of aromatic nitrogens is 2. The third-order valence-electron chi connectivity index (χ3n) is 2.34. The quantitative estimate of drug-likeness (QED) is 0.798. The van der Waals surface area contributed by atoms with Crippen LogP contribution in [0.1, 0.15) is 5.56 Å². The lowest BCUT2D eigenvalue weighted by Gasteiger charge is -2.18. The summed E-state index contributed by atoms with van der Waals surface area (Å²) in [7, 11) is 1.92. The lowest BCUT2D eigenvalue weighted by molar-refractivity contribution is 1.09. The largest absolute Gasteiger partial charge is 0.327 e. The maximum absolute atomic E-state index is 5.99. The number of hydrogen-bond acceptors (Lipinski definition) is 3. The minimum Gasteiger partial charge on any atom is -0.327 e. The van der Waals surface area contributed by atoms with Crippen LogP contribution in [0.15, 0.2) is 36.7 Å². The molecule has 1 heterocycles. The molecular weight excluding hydrogens is 222 g/mol. The first kappa shape index (κ1) is 10.9. The predicted molar refractivity (Wildman–Crippen MR) is 66.3 cm³/mol. The average molecular weight is 234 g/mol. The maximum Gasteiger partial charge on any atom is 0.172 e.